The first kappa shape index (κ1) is 13.3. The smallest absolute Gasteiger partial charge is 0.0278 e. The lowest BCUT2D eigenvalue weighted by Gasteiger charge is -2.45. The number of piperazine rings is 1. The monoisotopic (exact) mass is 230 g/mol. The molecule has 1 aliphatic rings. The lowest BCUT2D eigenvalue weighted by Crippen LogP contribution is -2.62. The second kappa shape index (κ2) is 5.55. The second-order valence-corrected chi connectivity index (χ2v) is 6.40. The Morgan fingerprint density at radius 1 is 1.60 bits per heavy atom. The molecular weight excluding hydrogens is 204 g/mol. The number of hydrogen-bond donors (Lipinski definition) is 1. The third-order valence-electron chi connectivity index (χ3n) is 3.67. The first-order valence-corrected chi connectivity index (χ1v) is 7.31. The highest BCUT2D eigenvalue weighted by atomic mass is 32.2. The summed E-state index contributed by atoms with van der Waals surface area (Å²) in [6.07, 6.45) is 3.42. The van der Waals surface area contributed by atoms with Crippen molar-refractivity contribution in [2.24, 2.45) is 0 Å². The minimum Gasteiger partial charge on any atom is -0.309 e. The SMILES string of the molecule is CCC1(C)CN(CC(C)SC)C(C)CN1. The van der Waals surface area contributed by atoms with Crippen molar-refractivity contribution in [1.82, 2.24) is 10.2 Å². The summed E-state index contributed by atoms with van der Waals surface area (Å²) in [5.74, 6) is 0. The van der Waals surface area contributed by atoms with Crippen LogP contribution in [-0.2, 0) is 0 Å². The van der Waals surface area contributed by atoms with Crippen molar-refractivity contribution in [3.8, 4) is 0 Å². The maximum absolute atomic E-state index is 3.67. The lowest BCUT2D eigenvalue weighted by molar-refractivity contribution is 0.0947. The minimum atomic E-state index is 0.324. The van der Waals surface area contributed by atoms with E-state index in [0.29, 0.717) is 11.6 Å². The van der Waals surface area contributed by atoms with Crippen LogP contribution in [0.15, 0.2) is 0 Å². The van der Waals surface area contributed by atoms with Gasteiger partial charge in [-0.3, -0.25) is 4.90 Å². The van der Waals surface area contributed by atoms with Gasteiger partial charge < -0.3 is 5.32 Å². The molecule has 1 rings (SSSR count). The summed E-state index contributed by atoms with van der Waals surface area (Å²) in [6, 6.07) is 0.680. The average Bonchev–Trinajstić information content (AvgIpc) is 2.23. The Hall–Kier alpha value is 0.270. The molecule has 0 spiro atoms. The summed E-state index contributed by atoms with van der Waals surface area (Å²) >= 11 is 1.97. The van der Waals surface area contributed by atoms with Crippen molar-refractivity contribution in [3.05, 3.63) is 0 Å². The summed E-state index contributed by atoms with van der Waals surface area (Å²) in [7, 11) is 0. The van der Waals surface area contributed by atoms with Gasteiger partial charge in [-0.25, -0.2) is 0 Å². The molecule has 0 aromatic heterocycles. The molecule has 90 valence electrons. The Balaban J connectivity index is 2.53. The van der Waals surface area contributed by atoms with Crippen LogP contribution < -0.4 is 5.32 Å². The topological polar surface area (TPSA) is 15.3 Å². The van der Waals surface area contributed by atoms with E-state index < -0.39 is 0 Å². The molecule has 3 heteroatoms. The van der Waals surface area contributed by atoms with Crippen LogP contribution in [0.1, 0.15) is 34.1 Å². The maximum atomic E-state index is 3.67. The van der Waals surface area contributed by atoms with Crippen LogP contribution in [0, 0.1) is 0 Å². The first-order valence-electron chi connectivity index (χ1n) is 6.02. The Bertz CT molecular complexity index is 198. The molecule has 0 radical (unpaired) electrons. The van der Waals surface area contributed by atoms with Gasteiger partial charge in [0.15, 0.2) is 0 Å². The van der Waals surface area contributed by atoms with Gasteiger partial charge in [0.05, 0.1) is 0 Å². The van der Waals surface area contributed by atoms with Crippen LogP contribution in [-0.4, -0.2) is 47.6 Å². The van der Waals surface area contributed by atoms with Crippen LogP contribution in [0.2, 0.25) is 0 Å². The zero-order valence-electron chi connectivity index (χ0n) is 10.8. The minimum absolute atomic E-state index is 0.324. The van der Waals surface area contributed by atoms with Crippen molar-refractivity contribution in [1.29, 1.82) is 0 Å². The summed E-state index contributed by atoms with van der Waals surface area (Å²) < 4.78 is 0. The van der Waals surface area contributed by atoms with E-state index in [-0.39, 0.29) is 0 Å². The van der Waals surface area contributed by atoms with Gasteiger partial charge in [-0.15, -0.1) is 0 Å². The van der Waals surface area contributed by atoms with Crippen molar-refractivity contribution >= 4 is 11.8 Å². The zero-order valence-corrected chi connectivity index (χ0v) is 11.7. The molecule has 3 atom stereocenters. The van der Waals surface area contributed by atoms with Gasteiger partial charge in [0.2, 0.25) is 0 Å². The Labute approximate surface area is 99.2 Å². The van der Waals surface area contributed by atoms with E-state index >= 15 is 0 Å². The Kier molecular flexibility index (Phi) is 4.94. The molecule has 0 amide bonds. The molecule has 0 aromatic rings. The van der Waals surface area contributed by atoms with Gasteiger partial charge in [0, 0.05) is 36.5 Å². The fourth-order valence-corrected chi connectivity index (χ4v) is 2.41. The van der Waals surface area contributed by atoms with Gasteiger partial charge in [0.25, 0.3) is 0 Å². The first-order chi connectivity index (χ1) is 7.00. The predicted molar refractivity (Wildman–Crippen MR) is 70.7 cm³/mol. The van der Waals surface area contributed by atoms with Crippen LogP contribution in [0.25, 0.3) is 0 Å². The molecule has 0 aliphatic carbocycles. The van der Waals surface area contributed by atoms with Crippen LogP contribution in [0.4, 0.5) is 0 Å². The van der Waals surface area contributed by atoms with Gasteiger partial charge in [-0.2, -0.15) is 11.8 Å². The summed E-state index contributed by atoms with van der Waals surface area (Å²) in [4.78, 5) is 2.64. The third kappa shape index (κ3) is 3.65. The molecule has 15 heavy (non-hydrogen) atoms. The fourth-order valence-electron chi connectivity index (χ4n) is 2.07. The quantitative estimate of drug-likeness (QED) is 0.797. The summed E-state index contributed by atoms with van der Waals surface area (Å²) in [5, 5.41) is 4.41. The predicted octanol–water partition coefficient (Wildman–Crippen LogP) is 2.20. The van der Waals surface area contributed by atoms with Gasteiger partial charge in [-0.05, 0) is 26.5 Å². The molecule has 0 saturated carbocycles. The lowest BCUT2D eigenvalue weighted by atomic mass is 9.94. The number of nitrogens with zero attached hydrogens (tertiary/aromatic N) is 1. The van der Waals surface area contributed by atoms with Crippen LogP contribution in [0.3, 0.4) is 0 Å². The van der Waals surface area contributed by atoms with Gasteiger partial charge >= 0.3 is 0 Å². The van der Waals surface area contributed by atoms with Crippen molar-refractivity contribution in [3.63, 3.8) is 0 Å². The Morgan fingerprint density at radius 2 is 2.27 bits per heavy atom. The largest absolute Gasteiger partial charge is 0.309 e. The average molecular weight is 230 g/mol. The highest BCUT2D eigenvalue weighted by molar-refractivity contribution is 7.99. The standard InChI is InChI=1S/C12H26N2S/c1-6-12(4)9-14(8-11(3)15-5)10(2)7-13-12/h10-11,13H,6-9H2,1-5H3. The van der Waals surface area contributed by atoms with Crippen molar-refractivity contribution in [2.45, 2.75) is 50.9 Å². The maximum Gasteiger partial charge on any atom is 0.0278 e. The molecule has 0 bridgehead atoms. The molecular formula is C12H26N2S. The fraction of sp³-hybridized carbons (Fsp3) is 1.00. The summed E-state index contributed by atoms with van der Waals surface area (Å²) in [5.41, 5.74) is 0.324. The molecule has 1 heterocycles. The zero-order chi connectivity index (χ0) is 11.5. The van der Waals surface area contributed by atoms with Gasteiger partial charge in [0.1, 0.15) is 0 Å². The van der Waals surface area contributed by atoms with E-state index in [1.165, 1.54) is 19.5 Å². The molecule has 1 N–H and O–H groups in total. The normalized spacial score (nSPS) is 35.4. The van der Waals surface area contributed by atoms with E-state index in [0.717, 1.165) is 11.8 Å². The molecule has 2 nitrogen and oxygen atoms in total. The van der Waals surface area contributed by atoms with E-state index in [4.69, 9.17) is 0 Å². The number of rotatable bonds is 4. The van der Waals surface area contributed by atoms with Crippen molar-refractivity contribution < 1.29 is 0 Å². The second-order valence-electron chi connectivity index (χ2n) is 5.12. The van der Waals surface area contributed by atoms with E-state index in [1.807, 2.05) is 11.8 Å². The van der Waals surface area contributed by atoms with E-state index in [2.05, 4.69) is 44.2 Å². The third-order valence-corrected chi connectivity index (χ3v) is 4.63. The van der Waals surface area contributed by atoms with E-state index in [1.54, 1.807) is 0 Å². The molecule has 1 aliphatic heterocycles. The van der Waals surface area contributed by atoms with Crippen molar-refractivity contribution in [2.75, 3.05) is 25.9 Å². The van der Waals surface area contributed by atoms with E-state index in [9.17, 15) is 0 Å². The highest BCUT2D eigenvalue weighted by Gasteiger charge is 2.32. The van der Waals surface area contributed by atoms with Crippen LogP contribution >= 0.6 is 11.8 Å². The summed E-state index contributed by atoms with van der Waals surface area (Å²) in [6.45, 7) is 12.8. The molecule has 3 unspecified atom stereocenters. The number of hydrogen-bond acceptors (Lipinski definition) is 3. The Morgan fingerprint density at radius 3 is 2.80 bits per heavy atom. The molecule has 1 saturated heterocycles. The number of nitrogens with one attached hydrogen (secondary N) is 1. The molecule has 0 aromatic carbocycles. The van der Waals surface area contributed by atoms with Crippen LogP contribution in [0.5, 0.6) is 0 Å². The number of thioether (sulfide) groups is 1. The highest BCUT2D eigenvalue weighted by Crippen LogP contribution is 2.20. The molecule has 1 fully saturated rings. The van der Waals surface area contributed by atoms with Gasteiger partial charge in [-0.1, -0.05) is 13.8 Å².